The Bertz CT molecular complexity index is 299. The number of hydrogen-bond donors (Lipinski definition) is 1. The monoisotopic (exact) mass is 307 g/mol. The maximum absolute atomic E-state index is 5.64. The fourth-order valence-electron chi connectivity index (χ4n) is 3.02. The van der Waals surface area contributed by atoms with Crippen LogP contribution < -0.4 is 5.73 Å². The van der Waals surface area contributed by atoms with Crippen LogP contribution in [0.15, 0.2) is 17.1 Å². The predicted octanol–water partition coefficient (Wildman–Crippen LogP) is 4.52. The minimum atomic E-state index is 0.409. The predicted molar refractivity (Wildman–Crippen MR) is 98.5 cm³/mol. The van der Waals surface area contributed by atoms with Crippen molar-refractivity contribution in [3.63, 3.8) is 0 Å². The summed E-state index contributed by atoms with van der Waals surface area (Å²) in [5.41, 5.74) is 5.64. The van der Waals surface area contributed by atoms with E-state index in [1.807, 2.05) is 6.21 Å². The zero-order valence-corrected chi connectivity index (χ0v) is 14.7. The van der Waals surface area contributed by atoms with Crippen LogP contribution in [-0.2, 0) is 0 Å². The molecule has 0 aromatic rings. The van der Waals surface area contributed by atoms with Crippen molar-refractivity contribution in [2.75, 3.05) is 19.6 Å². The first-order valence-electron chi connectivity index (χ1n) is 9.49. The van der Waals surface area contributed by atoms with Gasteiger partial charge < -0.3 is 5.73 Å². The van der Waals surface area contributed by atoms with Crippen molar-refractivity contribution in [1.29, 1.82) is 0 Å². The van der Waals surface area contributed by atoms with Crippen molar-refractivity contribution in [3.05, 3.63) is 12.2 Å². The Kier molecular flexibility index (Phi) is 12.3. The molecule has 22 heavy (non-hydrogen) atoms. The highest BCUT2D eigenvalue weighted by molar-refractivity contribution is 5.62. The molecular formula is C19H37N3. The largest absolute Gasteiger partial charge is 0.329 e. The van der Waals surface area contributed by atoms with E-state index in [9.17, 15) is 0 Å². The summed E-state index contributed by atoms with van der Waals surface area (Å²) in [6, 6.07) is 0. The SMILES string of the molecule is CCCCCC/C=C/CCCCCCC1N=CCN1CCN. The summed E-state index contributed by atoms with van der Waals surface area (Å²) in [5.74, 6) is 0. The van der Waals surface area contributed by atoms with Crippen LogP contribution >= 0.6 is 0 Å². The van der Waals surface area contributed by atoms with Gasteiger partial charge in [0.05, 0.1) is 0 Å². The van der Waals surface area contributed by atoms with E-state index < -0.39 is 0 Å². The van der Waals surface area contributed by atoms with Crippen LogP contribution in [0.5, 0.6) is 0 Å². The van der Waals surface area contributed by atoms with Gasteiger partial charge in [-0.3, -0.25) is 9.89 Å². The maximum Gasteiger partial charge on any atom is 0.102 e. The summed E-state index contributed by atoms with van der Waals surface area (Å²) in [6.07, 6.45) is 21.8. The molecule has 3 nitrogen and oxygen atoms in total. The van der Waals surface area contributed by atoms with Crippen LogP contribution in [0.25, 0.3) is 0 Å². The second kappa shape index (κ2) is 14.0. The Hall–Kier alpha value is -0.670. The second-order valence-corrected chi connectivity index (χ2v) is 6.41. The third kappa shape index (κ3) is 9.37. The van der Waals surface area contributed by atoms with Gasteiger partial charge in [-0.25, -0.2) is 0 Å². The van der Waals surface area contributed by atoms with Crippen LogP contribution in [0.3, 0.4) is 0 Å². The lowest BCUT2D eigenvalue weighted by molar-refractivity contribution is 0.241. The van der Waals surface area contributed by atoms with Gasteiger partial charge in [-0.1, -0.05) is 51.2 Å². The molecule has 1 heterocycles. The van der Waals surface area contributed by atoms with E-state index in [0.717, 1.165) is 19.6 Å². The molecule has 0 saturated carbocycles. The molecule has 1 aliphatic heterocycles. The van der Waals surface area contributed by atoms with Crippen LogP contribution in [0.2, 0.25) is 0 Å². The Morgan fingerprint density at radius 1 is 1.05 bits per heavy atom. The van der Waals surface area contributed by atoms with Gasteiger partial charge in [0, 0.05) is 25.8 Å². The Morgan fingerprint density at radius 3 is 2.41 bits per heavy atom. The molecule has 1 atom stereocenters. The highest BCUT2D eigenvalue weighted by Gasteiger charge is 2.18. The third-order valence-electron chi connectivity index (χ3n) is 4.41. The van der Waals surface area contributed by atoms with Crippen LogP contribution in [0.1, 0.15) is 77.6 Å². The summed E-state index contributed by atoms with van der Waals surface area (Å²) in [4.78, 5) is 6.95. The van der Waals surface area contributed by atoms with Gasteiger partial charge in [-0.15, -0.1) is 0 Å². The van der Waals surface area contributed by atoms with Crippen molar-refractivity contribution in [1.82, 2.24) is 4.90 Å². The molecule has 0 spiro atoms. The minimum absolute atomic E-state index is 0.409. The van der Waals surface area contributed by atoms with Crippen molar-refractivity contribution in [2.45, 2.75) is 83.7 Å². The lowest BCUT2D eigenvalue weighted by atomic mass is 10.1. The molecule has 0 aromatic heterocycles. The molecule has 0 radical (unpaired) electrons. The van der Waals surface area contributed by atoms with Gasteiger partial charge in [-0.05, 0) is 38.5 Å². The van der Waals surface area contributed by atoms with E-state index in [1.165, 1.54) is 70.6 Å². The topological polar surface area (TPSA) is 41.6 Å². The average molecular weight is 308 g/mol. The summed E-state index contributed by atoms with van der Waals surface area (Å²) < 4.78 is 0. The van der Waals surface area contributed by atoms with Crippen LogP contribution in [-0.4, -0.2) is 36.9 Å². The summed E-state index contributed by atoms with van der Waals surface area (Å²) in [7, 11) is 0. The van der Waals surface area contributed by atoms with Crippen LogP contribution in [0.4, 0.5) is 0 Å². The van der Waals surface area contributed by atoms with E-state index >= 15 is 0 Å². The summed E-state index contributed by atoms with van der Waals surface area (Å²) in [5, 5.41) is 0. The van der Waals surface area contributed by atoms with Gasteiger partial charge in [0.2, 0.25) is 0 Å². The van der Waals surface area contributed by atoms with Crippen molar-refractivity contribution in [2.24, 2.45) is 10.7 Å². The third-order valence-corrected chi connectivity index (χ3v) is 4.41. The van der Waals surface area contributed by atoms with E-state index in [2.05, 4.69) is 29.0 Å². The average Bonchev–Trinajstić information content (AvgIpc) is 2.96. The van der Waals surface area contributed by atoms with E-state index in [-0.39, 0.29) is 0 Å². The Balaban J connectivity index is 1.87. The van der Waals surface area contributed by atoms with Crippen molar-refractivity contribution >= 4 is 6.21 Å². The first-order chi connectivity index (χ1) is 10.9. The number of allylic oxidation sites excluding steroid dienone is 2. The molecule has 0 fully saturated rings. The number of rotatable bonds is 14. The highest BCUT2D eigenvalue weighted by atomic mass is 15.3. The molecule has 2 N–H and O–H groups in total. The molecule has 0 aromatic carbocycles. The molecule has 0 bridgehead atoms. The molecule has 128 valence electrons. The van der Waals surface area contributed by atoms with E-state index in [0.29, 0.717) is 6.17 Å². The molecule has 0 aliphatic carbocycles. The quantitative estimate of drug-likeness (QED) is 0.378. The van der Waals surface area contributed by atoms with Crippen molar-refractivity contribution < 1.29 is 0 Å². The lowest BCUT2D eigenvalue weighted by Crippen LogP contribution is -2.34. The number of hydrogen-bond acceptors (Lipinski definition) is 3. The number of unbranched alkanes of at least 4 members (excludes halogenated alkanes) is 8. The number of nitrogens with two attached hydrogens (primary N) is 1. The van der Waals surface area contributed by atoms with Gasteiger partial charge in [0.15, 0.2) is 0 Å². The Labute approximate surface area is 138 Å². The number of nitrogens with zero attached hydrogens (tertiary/aromatic N) is 2. The lowest BCUT2D eigenvalue weighted by Gasteiger charge is -2.21. The van der Waals surface area contributed by atoms with Crippen LogP contribution in [0, 0.1) is 0 Å². The van der Waals surface area contributed by atoms with Gasteiger partial charge in [0.1, 0.15) is 6.17 Å². The molecular weight excluding hydrogens is 270 g/mol. The molecule has 0 amide bonds. The Morgan fingerprint density at radius 2 is 1.73 bits per heavy atom. The first kappa shape index (κ1) is 19.4. The standard InChI is InChI=1S/C19H37N3/c1-2-3-4-5-6-7-8-9-10-11-12-13-14-19-21-16-18-22(19)17-15-20/h7-8,16,19H,2-6,9-15,17-18,20H2,1H3/b8-7+. The molecule has 1 unspecified atom stereocenters. The smallest absolute Gasteiger partial charge is 0.102 e. The molecule has 0 saturated heterocycles. The normalized spacial score (nSPS) is 18.7. The maximum atomic E-state index is 5.64. The first-order valence-corrected chi connectivity index (χ1v) is 9.49. The van der Waals surface area contributed by atoms with E-state index in [1.54, 1.807) is 0 Å². The highest BCUT2D eigenvalue weighted by Crippen LogP contribution is 2.15. The summed E-state index contributed by atoms with van der Waals surface area (Å²) in [6.45, 7) is 4.98. The second-order valence-electron chi connectivity index (χ2n) is 6.41. The minimum Gasteiger partial charge on any atom is -0.329 e. The fraction of sp³-hybridized carbons (Fsp3) is 0.842. The zero-order valence-electron chi connectivity index (χ0n) is 14.7. The van der Waals surface area contributed by atoms with Gasteiger partial charge in [-0.2, -0.15) is 0 Å². The fourth-order valence-corrected chi connectivity index (χ4v) is 3.02. The zero-order chi connectivity index (χ0) is 15.9. The number of aliphatic imine (C=N–C) groups is 1. The van der Waals surface area contributed by atoms with Gasteiger partial charge >= 0.3 is 0 Å². The molecule has 1 rings (SSSR count). The van der Waals surface area contributed by atoms with Gasteiger partial charge in [0.25, 0.3) is 0 Å². The summed E-state index contributed by atoms with van der Waals surface area (Å²) >= 11 is 0. The molecule has 3 heteroatoms. The molecule has 1 aliphatic rings. The van der Waals surface area contributed by atoms with E-state index in [4.69, 9.17) is 5.73 Å². The van der Waals surface area contributed by atoms with Crippen molar-refractivity contribution in [3.8, 4) is 0 Å².